The van der Waals surface area contributed by atoms with Crippen LogP contribution in [-0.2, 0) is 9.47 Å². The molecular weight excluding hydrogens is 312 g/mol. The number of carbonyl (C=O) groups excluding carboxylic acids is 2. The third-order valence-electron chi connectivity index (χ3n) is 3.64. The van der Waals surface area contributed by atoms with Crippen LogP contribution in [0, 0.1) is 0 Å². The van der Waals surface area contributed by atoms with Gasteiger partial charge in [-0.25, -0.2) is 9.59 Å². The monoisotopic (exact) mass is 330 g/mol. The quantitative estimate of drug-likeness (QED) is 0.461. The zero-order valence-electron chi connectivity index (χ0n) is 12.2. The van der Waals surface area contributed by atoms with E-state index < -0.39 is 0 Å². The van der Waals surface area contributed by atoms with Crippen molar-refractivity contribution in [2.24, 2.45) is 0 Å². The number of hydrogen-bond donors (Lipinski definition) is 0. The molecule has 3 rings (SSSR count). The second-order valence-electron chi connectivity index (χ2n) is 4.99. The van der Waals surface area contributed by atoms with Crippen LogP contribution in [0.1, 0.15) is 0 Å². The van der Waals surface area contributed by atoms with E-state index in [4.69, 9.17) is 9.47 Å². The Labute approximate surface area is 134 Å². The summed E-state index contributed by atoms with van der Waals surface area (Å²) in [5.74, 6) is 0. The average Bonchev–Trinajstić information content (AvgIpc) is 3.05. The molecule has 2 aliphatic heterocycles. The van der Waals surface area contributed by atoms with Crippen LogP contribution in [0.4, 0.5) is 9.59 Å². The molecule has 1 aromatic heterocycles. The second-order valence-corrected chi connectivity index (χ2v) is 4.99. The van der Waals surface area contributed by atoms with Crippen molar-refractivity contribution in [2.75, 3.05) is 52.6 Å². The van der Waals surface area contributed by atoms with Crippen LogP contribution in [-0.4, -0.2) is 79.0 Å². The first-order chi connectivity index (χ1) is 10.3. The predicted molar refractivity (Wildman–Crippen MR) is 71.0 cm³/mol. The number of morpholine rings is 2. The highest BCUT2D eigenvalue weighted by molar-refractivity contribution is 5.76. The van der Waals surface area contributed by atoms with Crippen molar-refractivity contribution in [3.63, 3.8) is 0 Å². The largest absolute Gasteiger partial charge is 1.00 e. The van der Waals surface area contributed by atoms with E-state index in [0.29, 0.717) is 52.6 Å². The lowest BCUT2D eigenvalue weighted by Crippen LogP contribution is -3.00. The number of aromatic nitrogens is 2. The van der Waals surface area contributed by atoms with E-state index >= 15 is 0 Å². The van der Waals surface area contributed by atoms with Crippen LogP contribution in [0.15, 0.2) is 18.7 Å². The Balaban J connectivity index is 0.00000176. The van der Waals surface area contributed by atoms with Crippen molar-refractivity contribution in [3.8, 4) is 0 Å². The average molecular weight is 331 g/mol. The highest BCUT2D eigenvalue weighted by Gasteiger charge is 2.27. The molecule has 2 fully saturated rings. The third kappa shape index (κ3) is 3.57. The third-order valence-corrected chi connectivity index (χ3v) is 3.64. The fraction of sp³-hybridized carbons (Fsp3) is 0.615. The molecule has 0 bridgehead atoms. The summed E-state index contributed by atoms with van der Waals surface area (Å²) < 4.78 is 13.3. The summed E-state index contributed by atoms with van der Waals surface area (Å²) in [6, 6.07) is -0.265. The Kier molecular flexibility index (Phi) is 5.76. The van der Waals surface area contributed by atoms with Crippen molar-refractivity contribution < 1.29 is 36.0 Å². The molecule has 0 unspecified atom stereocenters. The zero-order valence-corrected chi connectivity index (χ0v) is 12.9. The van der Waals surface area contributed by atoms with Gasteiger partial charge in [-0.2, -0.15) is 9.13 Å². The Hall–Kier alpha value is -1.64. The molecule has 0 aliphatic carbocycles. The van der Waals surface area contributed by atoms with Gasteiger partial charge in [0.15, 0.2) is 0 Å². The van der Waals surface area contributed by atoms with Crippen LogP contribution < -0.4 is 17.0 Å². The fourth-order valence-electron chi connectivity index (χ4n) is 2.42. The number of ether oxygens (including phenoxy) is 2. The predicted octanol–water partition coefficient (Wildman–Crippen LogP) is -3.62. The summed E-state index contributed by atoms with van der Waals surface area (Å²) in [4.78, 5) is 28.0. The van der Waals surface area contributed by atoms with Crippen molar-refractivity contribution in [1.29, 1.82) is 0 Å². The Morgan fingerprint density at radius 1 is 0.909 bits per heavy atom. The zero-order chi connectivity index (χ0) is 14.7. The molecule has 9 heteroatoms. The first-order valence-electron chi connectivity index (χ1n) is 7.09. The summed E-state index contributed by atoms with van der Waals surface area (Å²) in [7, 11) is 0. The topological polar surface area (TPSA) is 67.9 Å². The summed E-state index contributed by atoms with van der Waals surface area (Å²) in [5.41, 5.74) is 0. The van der Waals surface area contributed by atoms with Gasteiger partial charge in [-0.1, -0.05) is 0 Å². The SMILES string of the molecule is O=C(N1CCOCC1)n1cc[n+](C(=O)N2CCOCC2)c1.[Cl-]. The number of rotatable bonds is 0. The molecule has 122 valence electrons. The summed E-state index contributed by atoms with van der Waals surface area (Å²) in [6.45, 7) is 4.53. The summed E-state index contributed by atoms with van der Waals surface area (Å²) >= 11 is 0. The standard InChI is InChI=1S/C13H19N4O4.ClH/c18-12(14-3-7-20-8-4-14)16-1-2-17(11-16)13(19)15-5-9-21-10-6-15;/h1-2,11H,3-10H2;1H/q+1;/p-1. The number of hydrogen-bond acceptors (Lipinski definition) is 4. The van der Waals surface area contributed by atoms with Gasteiger partial charge in [0.1, 0.15) is 12.4 Å². The molecule has 0 atom stereocenters. The molecule has 2 amide bonds. The molecule has 0 spiro atoms. The normalized spacial score (nSPS) is 18.7. The van der Waals surface area contributed by atoms with Crippen molar-refractivity contribution in [2.45, 2.75) is 0 Å². The lowest BCUT2D eigenvalue weighted by atomic mass is 10.4. The maximum Gasteiger partial charge on any atom is 0.443 e. The van der Waals surface area contributed by atoms with Crippen LogP contribution in [0.2, 0.25) is 0 Å². The molecule has 2 aliphatic rings. The van der Waals surface area contributed by atoms with Crippen LogP contribution in [0.3, 0.4) is 0 Å². The van der Waals surface area contributed by atoms with Gasteiger partial charge in [-0.3, -0.25) is 4.90 Å². The van der Waals surface area contributed by atoms with E-state index in [1.165, 1.54) is 15.5 Å². The number of amides is 2. The van der Waals surface area contributed by atoms with E-state index in [9.17, 15) is 9.59 Å². The molecule has 3 heterocycles. The van der Waals surface area contributed by atoms with Crippen molar-refractivity contribution >= 4 is 12.1 Å². The summed E-state index contributed by atoms with van der Waals surface area (Å²) in [5, 5.41) is 0. The first kappa shape index (κ1) is 16.7. The molecule has 0 radical (unpaired) electrons. The lowest BCUT2D eigenvalue weighted by Gasteiger charge is -2.25. The minimum atomic E-state index is -0.133. The molecule has 8 nitrogen and oxygen atoms in total. The highest BCUT2D eigenvalue weighted by atomic mass is 35.5. The maximum atomic E-state index is 12.3. The molecule has 0 aromatic carbocycles. The van der Waals surface area contributed by atoms with E-state index in [1.54, 1.807) is 22.2 Å². The number of nitrogens with zero attached hydrogens (tertiary/aromatic N) is 4. The van der Waals surface area contributed by atoms with Gasteiger partial charge in [-0.15, -0.1) is 0 Å². The minimum Gasteiger partial charge on any atom is -1.00 e. The fourth-order valence-corrected chi connectivity index (χ4v) is 2.42. The molecular formula is C13H19ClN4O4. The molecule has 22 heavy (non-hydrogen) atoms. The summed E-state index contributed by atoms with van der Waals surface area (Å²) in [6.07, 6.45) is 4.74. The molecule has 0 saturated carbocycles. The van der Waals surface area contributed by atoms with Gasteiger partial charge in [0.25, 0.3) is 0 Å². The van der Waals surface area contributed by atoms with E-state index in [1.807, 2.05) is 0 Å². The molecule has 2 saturated heterocycles. The van der Waals surface area contributed by atoms with Crippen LogP contribution in [0.5, 0.6) is 0 Å². The smallest absolute Gasteiger partial charge is 0.443 e. The lowest BCUT2D eigenvalue weighted by molar-refractivity contribution is -0.577. The molecule has 1 aromatic rings. The van der Waals surface area contributed by atoms with Crippen molar-refractivity contribution in [1.82, 2.24) is 14.4 Å². The van der Waals surface area contributed by atoms with Gasteiger partial charge >= 0.3 is 12.1 Å². The number of halogens is 1. The Bertz CT molecular complexity index is 479. The minimum absolute atomic E-state index is 0. The van der Waals surface area contributed by atoms with Gasteiger partial charge in [0.2, 0.25) is 6.33 Å². The second kappa shape index (κ2) is 7.57. The van der Waals surface area contributed by atoms with Crippen molar-refractivity contribution in [3.05, 3.63) is 18.7 Å². The highest BCUT2D eigenvalue weighted by Crippen LogP contribution is 2.02. The van der Waals surface area contributed by atoms with Gasteiger partial charge in [0, 0.05) is 13.1 Å². The Morgan fingerprint density at radius 3 is 2.05 bits per heavy atom. The van der Waals surface area contributed by atoms with E-state index in [-0.39, 0.29) is 24.5 Å². The number of imidazole rings is 1. The molecule has 0 N–H and O–H groups in total. The van der Waals surface area contributed by atoms with E-state index in [0.717, 1.165) is 0 Å². The first-order valence-corrected chi connectivity index (χ1v) is 7.09. The van der Waals surface area contributed by atoms with Gasteiger partial charge in [-0.05, 0) is 0 Å². The van der Waals surface area contributed by atoms with E-state index in [2.05, 4.69) is 0 Å². The maximum absolute atomic E-state index is 12.3. The van der Waals surface area contributed by atoms with Crippen LogP contribution >= 0.6 is 0 Å². The number of carbonyl (C=O) groups is 2. The Morgan fingerprint density at radius 2 is 1.45 bits per heavy atom. The van der Waals surface area contributed by atoms with Gasteiger partial charge < -0.3 is 26.8 Å². The van der Waals surface area contributed by atoms with Crippen LogP contribution in [0.25, 0.3) is 0 Å². The van der Waals surface area contributed by atoms with Gasteiger partial charge in [0.05, 0.1) is 39.5 Å².